The zero-order chi connectivity index (χ0) is 21.8. The summed E-state index contributed by atoms with van der Waals surface area (Å²) in [5.41, 5.74) is 7.56. The lowest BCUT2D eigenvalue weighted by Crippen LogP contribution is -2.15. The fourth-order valence-corrected chi connectivity index (χ4v) is 3.46. The molecule has 3 rings (SSSR count). The van der Waals surface area contributed by atoms with Gasteiger partial charge in [-0.3, -0.25) is 9.59 Å². The Hall–Kier alpha value is -3.46. The van der Waals surface area contributed by atoms with Crippen LogP contribution in [0.3, 0.4) is 0 Å². The van der Waals surface area contributed by atoms with E-state index >= 15 is 0 Å². The lowest BCUT2D eigenvalue weighted by molar-refractivity contribution is 0.101. The molecule has 30 heavy (non-hydrogen) atoms. The minimum atomic E-state index is -0.213. The van der Waals surface area contributed by atoms with Crippen LogP contribution >= 0.6 is 0 Å². The second-order valence-corrected chi connectivity index (χ2v) is 7.88. The second-order valence-electron chi connectivity index (χ2n) is 7.88. The first-order chi connectivity index (χ1) is 14.2. The van der Waals surface area contributed by atoms with Gasteiger partial charge in [-0.2, -0.15) is 0 Å². The summed E-state index contributed by atoms with van der Waals surface area (Å²) < 4.78 is 0. The first-order valence-corrected chi connectivity index (χ1v) is 10.0. The van der Waals surface area contributed by atoms with Crippen molar-refractivity contribution in [3.8, 4) is 0 Å². The Kier molecular flexibility index (Phi) is 6.31. The van der Waals surface area contributed by atoms with E-state index in [-0.39, 0.29) is 17.3 Å². The lowest BCUT2D eigenvalue weighted by Gasteiger charge is -2.16. The van der Waals surface area contributed by atoms with Crippen molar-refractivity contribution in [3.63, 3.8) is 0 Å². The first kappa shape index (κ1) is 21.3. The number of rotatable bonds is 6. The summed E-state index contributed by atoms with van der Waals surface area (Å²) in [5.74, 6) is -0.421. The third kappa shape index (κ3) is 4.93. The van der Waals surface area contributed by atoms with E-state index in [1.54, 1.807) is 24.3 Å². The fraction of sp³-hybridized carbons (Fsp3) is 0.185. The van der Waals surface area contributed by atoms with Crippen LogP contribution in [0.4, 0.5) is 5.69 Å². The van der Waals surface area contributed by atoms with Gasteiger partial charge in [-0.1, -0.05) is 77.4 Å². The molecule has 0 heterocycles. The van der Waals surface area contributed by atoms with E-state index in [1.807, 2.05) is 58.9 Å². The molecule has 0 atom stereocenters. The Morgan fingerprint density at radius 3 is 1.63 bits per heavy atom. The molecule has 0 radical (unpaired) electrons. The molecule has 0 aromatic heterocycles. The number of ketones is 2. The van der Waals surface area contributed by atoms with Gasteiger partial charge in [-0.15, -0.1) is 0 Å². The molecule has 1 N–H and O–H groups in total. The average Bonchev–Trinajstić information content (AvgIpc) is 2.70. The predicted octanol–water partition coefficient (Wildman–Crippen LogP) is 6.29. The molecule has 0 fully saturated rings. The molecule has 0 aliphatic carbocycles. The molecule has 0 aliphatic rings. The van der Waals surface area contributed by atoms with Gasteiger partial charge in [0, 0.05) is 22.9 Å². The van der Waals surface area contributed by atoms with Crippen molar-refractivity contribution in [1.29, 1.82) is 0 Å². The highest BCUT2D eigenvalue weighted by Gasteiger charge is 2.17. The number of benzene rings is 3. The fourth-order valence-electron chi connectivity index (χ4n) is 3.46. The molecule has 3 aromatic rings. The predicted molar refractivity (Wildman–Crippen MR) is 123 cm³/mol. The molecule has 0 unspecified atom stereocenters. The van der Waals surface area contributed by atoms with Crippen molar-refractivity contribution in [2.24, 2.45) is 0 Å². The Morgan fingerprint density at radius 1 is 0.667 bits per heavy atom. The number of hydrogen-bond donors (Lipinski definition) is 1. The summed E-state index contributed by atoms with van der Waals surface area (Å²) in [6.07, 6.45) is 1.41. The molecule has 152 valence electrons. The van der Waals surface area contributed by atoms with E-state index in [9.17, 15) is 9.59 Å². The van der Waals surface area contributed by atoms with E-state index in [2.05, 4.69) is 17.4 Å². The molecule has 3 nitrogen and oxygen atoms in total. The zero-order valence-corrected chi connectivity index (χ0v) is 18.2. The molecule has 3 heteroatoms. The van der Waals surface area contributed by atoms with E-state index in [1.165, 1.54) is 6.08 Å². The minimum absolute atomic E-state index is 0.208. The summed E-state index contributed by atoms with van der Waals surface area (Å²) in [5, 5.41) is 3.26. The number of nitrogens with one attached hydrogen (secondary N) is 1. The molecule has 0 amide bonds. The van der Waals surface area contributed by atoms with Gasteiger partial charge in [0.1, 0.15) is 0 Å². The van der Waals surface area contributed by atoms with Crippen LogP contribution < -0.4 is 5.32 Å². The van der Waals surface area contributed by atoms with Gasteiger partial charge in [0.25, 0.3) is 0 Å². The summed E-state index contributed by atoms with van der Waals surface area (Å²) >= 11 is 0. The van der Waals surface area contributed by atoms with Crippen LogP contribution in [0.15, 0.2) is 72.4 Å². The van der Waals surface area contributed by atoms with Crippen LogP contribution in [-0.2, 0) is 0 Å². The van der Waals surface area contributed by atoms with E-state index in [4.69, 9.17) is 0 Å². The van der Waals surface area contributed by atoms with Crippen molar-refractivity contribution in [1.82, 2.24) is 0 Å². The van der Waals surface area contributed by atoms with Gasteiger partial charge in [-0.05, 0) is 45.7 Å². The Morgan fingerprint density at radius 2 is 1.13 bits per heavy atom. The largest absolute Gasteiger partial charge is 0.352 e. The van der Waals surface area contributed by atoms with Crippen molar-refractivity contribution in [2.75, 3.05) is 5.32 Å². The summed E-state index contributed by atoms with van der Waals surface area (Å²) in [7, 11) is 0. The summed E-state index contributed by atoms with van der Waals surface area (Å²) in [6.45, 7) is 9.99. The highest BCUT2D eigenvalue weighted by atomic mass is 16.1. The normalized spacial score (nSPS) is 11.3. The molecule has 0 saturated carbocycles. The molecule has 3 aromatic carbocycles. The van der Waals surface area contributed by atoms with E-state index < -0.39 is 0 Å². The van der Waals surface area contributed by atoms with Gasteiger partial charge >= 0.3 is 0 Å². The number of Topliss-reactive ketones (excluding diaryl/α,β-unsaturated/α-hetero) is 1. The van der Waals surface area contributed by atoms with Crippen molar-refractivity contribution in [2.45, 2.75) is 34.6 Å². The molecular formula is C27H27NO2. The van der Waals surface area contributed by atoms with Crippen molar-refractivity contribution < 1.29 is 9.59 Å². The van der Waals surface area contributed by atoms with Gasteiger partial charge in [0.2, 0.25) is 5.78 Å². The summed E-state index contributed by atoms with van der Waals surface area (Å²) in [4.78, 5) is 26.2. The van der Waals surface area contributed by atoms with Crippen LogP contribution in [0.25, 0.3) is 0 Å². The van der Waals surface area contributed by atoms with Crippen molar-refractivity contribution >= 4 is 17.3 Å². The highest BCUT2D eigenvalue weighted by molar-refractivity contribution is 6.16. The molecule has 0 bridgehead atoms. The van der Waals surface area contributed by atoms with Gasteiger partial charge in [0.05, 0.1) is 5.70 Å². The number of carbonyl (C=O) groups excluding carboxylic acids is 2. The molecule has 0 saturated heterocycles. The third-order valence-corrected chi connectivity index (χ3v) is 5.11. The topological polar surface area (TPSA) is 46.2 Å². The molecular weight excluding hydrogens is 370 g/mol. The van der Waals surface area contributed by atoms with Crippen LogP contribution in [0.5, 0.6) is 0 Å². The SMILES string of the molecule is Cc1ccc(C(=O)C=C(Nc2c(C)cc(C)cc2C)C(=O)c2ccc(C)cc2)cc1. The number of aryl methyl sites for hydroxylation is 5. The van der Waals surface area contributed by atoms with Crippen LogP contribution in [0.2, 0.25) is 0 Å². The lowest BCUT2D eigenvalue weighted by atomic mass is 10.0. The van der Waals surface area contributed by atoms with Crippen LogP contribution in [0.1, 0.15) is 48.5 Å². The van der Waals surface area contributed by atoms with E-state index in [0.29, 0.717) is 11.1 Å². The van der Waals surface area contributed by atoms with Crippen LogP contribution in [0, 0.1) is 34.6 Å². The Labute approximate surface area is 178 Å². The minimum Gasteiger partial charge on any atom is -0.352 e. The zero-order valence-electron chi connectivity index (χ0n) is 18.2. The molecule has 0 aliphatic heterocycles. The maximum absolute atomic E-state index is 13.3. The molecule has 0 spiro atoms. The monoisotopic (exact) mass is 397 g/mol. The van der Waals surface area contributed by atoms with Gasteiger partial charge in [-0.25, -0.2) is 0 Å². The quantitative estimate of drug-likeness (QED) is 0.393. The number of carbonyl (C=O) groups is 2. The van der Waals surface area contributed by atoms with E-state index in [0.717, 1.165) is 33.5 Å². The van der Waals surface area contributed by atoms with Crippen LogP contribution in [-0.4, -0.2) is 11.6 Å². The third-order valence-electron chi connectivity index (χ3n) is 5.11. The Bertz CT molecular complexity index is 1100. The number of allylic oxidation sites excluding steroid dienone is 2. The van der Waals surface area contributed by atoms with Gasteiger partial charge < -0.3 is 5.32 Å². The summed E-state index contributed by atoms with van der Waals surface area (Å²) in [6, 6.07) is 18.8. The maximum Gasteiger partial charge on any atom is 0.209 e. The first-order valence-electron chi connectivity index (χ1n) is 10.0. The standard InChI is InChI=1S/C27H27NO2/c1-17-6-10-22(11-7-17)25(29)16-24(27(30)23-12-8-18(2)9-13-23)28-26-20(4)14-19(3)15-21(26)5/h6-16,28H,1-5H3. The maximum atomic E-state index is 13.3. The van der Waals surface area contributed by atoms with Crippen molar-refractivity contribution in [3.05, 3.63) is 111 Å². The average molecular weight is 398 g/mol. The highest BCUT2D eigenvalue weighted by Crippen LogP contribution is 2.25. The van der Waals surface area contributed by atoms with Gasteiger partial charge in [0.15, 0.2) is 5.78 Å². The number of hydrogen-bond acceptors (Lipinski definition) is 3. The number of anilines is 1. The smallest absolute Gasteiger partial charge is 0.209 e. The Balaban J connectivity index is 2.04. The second kappa shape index (κ2) is 8.91.